The largest absolute Gasteiger partial charge is 0.340 e. The van der Waals surface area contributed by atoms with E-state index in [1.54, 1.807) is 24.3 Å². The highest BCUT2D eigenvalue weighted by atomic mass is 16.6. The summed E-state index contributed by atoms with van der Waals surface area (Å²) in [6.45, 7) is 3.80. The molecule has 2 aromatic rings. The van der Waals surface area contributed by atoms with E-state index in [9.17, 15) is 19.7 Å². The Kier molecular flexibility index (Phi) is 7.38. The number of hydrazone groups is 1. The molecule has 0 heterocycles. The number of nitrogens with zero attached hydrogens (tertiary/aromatic N) is 2. The molecule has 2 amide bonds. The van der Waals surface area contributed by atoms with Crippen molar-refractivity contribution in [2.75, 3.05) is 0 Å². The number of carbonyl (C=O) groups excluding carboxylic acids is 2. The Morgan fingerprint density at radius 1 is 1.14 bits per heavy atom. The first kappa shape index (κ1) is 20.8. The van der Waals surface area contributed by atoms with Crippen LogP contribution in [0.1, 0.15) is 36.2 Å². The number of benzene rings is 2. The number of nitro groups is 1. The highest BCUT2D eigenvalue weighted by Gasteiger charge is 2.26. The topological polar surface area (TPSA) is 114 Å². The summed E-state index contributed by atoms with van der Waals surface area (Å²) in [6.07, 6.45) is 2.08. The fourth-order valence-electron chi connectivity index (χ4n) is 2.44. The van der Waals surface area contributed by atoms with Crippen LogP contribution in [-0.4, -0.2) is 29.0 Å². The lowest BCUT2D eigenvalue weighted by Crippen LogP contribution is -2.49. The highest BCUT2D eigenvalue weighted by molar-refractivity contribution is 5.97. The Bertz CT molecular complexity index is 850. The van der Waals surface area contributed by atoms with Crippen molar-refractivity contribution in [3.63, 3.8) is 0 Å². The average Bonchev–Trinajstić information content (AvgIpc) is 2.72. The van der Waals surface area contributed by atoms with E-state index < -0.39 is 16.9 Å². The van der Waals surface area contributed by atoms with E-state index in [0.29, 0.717) is 17.5 Å². The van der Waals surface area contributed by atoms with Gasteiger partial charge in [-0.05, 0) is 35.7 Å². The monoisotopic (exact) mass is 382 g/mol. The molecule has 0 aliphatic rings. The predicted octanol–water partition coefficient (Wildman–Crippen LogP) is 2.89. The summed E-state index contributed by atoms with van der Waals surface area (Å²) in [6, 6.07) is 13.7. The molecule has 0 saturated carbocycles. The van der Waals surface area contributed by atoms with Gasteiger partial charge in [-0.25, -0.2) is 5.43 Å². The van der Waals surface area contributed by atoms with Crippen LogP contribution >= 0.6 is 0 Å². The van der Waals surface area contributed by atoms with Crippen LogP contribution in [-0.2, 0) is 4.79 Å². The van der Waals surface area contributed by atoms with Crippen LogP contribution in [0, 0.1) is 16.0 Å². The van der Waals surface area contributed by atoms with Gasteiger partial charge in [0.1, 0.15) is 6.04 Å². The Morgan fingerprint density at radius 3 is 2.36 bits per heavy atom. The number of hydrogen-bond donors (Lipinski definition) is 2. The standard InChI is InChI=1S/C20H22N4O4/c1-3-14(2)18(22-19(25)16-7-5-4-6-8-16)20(26)23-21-13-15-9-11-17(12-10-15)24(27)28/h4-14,18H,3H2,1-2H3,(H,22,25)(H,23,26)/b21-13+/t14?,18-/m0/s1. The van der Waals surface area contributed by atoms with Gasteiger partial charge >= 0.3 is 0 Å². The molecule has 2 aromatic carbocycles. The third-order valence-corrected chi connectivity index (χ3v) is 4.31. The number of amides is 2. The maximum Gasteiger partial charge on any atom is 0.269 e. The molecule has 0 fully saturated rings. The number of nitro benzene ring substituents is 1. The van der Waals surface area contributed by atoms with Gasteiger partial charge in [0.2, 0.25) is 0 Å². The maximum atomic E-state index is 12.5. The zero-order valence-corrected chi connectivity index (χ0v) is 15.7. The summed E-state index contributed by atoms with van der Waals surface area (Å²) in [4.78, 5) is 35.1. The molecule has 0 aliphatic heterocycles. The second kappa shape index (κ2) is 9.96. The van der Waals surface area contributed by atoms with E-state index in [0.717, 1.165) is 0 Å². The summed E-state index contributed by atoms with van der Waals surface area (Å²) in [5.41, 5.74) is 3.46. The van der Waals surface area contributed by atoms with E-state index >= 15 is 0 Å². The molecule has 0 aromatic heterocycles. The second-order valence-electron chi connectivity index (χ2n) is 6.29. The van der Waals surface area contributed by atoms with Gasteiger partial charge in [-0.1, -0.05) is 38.5 Å². The van der Waals surface area contributed by atoms with Crippen molar-refractivity contribution in [3.8, 4) is 0 Å². The van der Waals surface area contributed by atoms with Crippen molar-refractivity contribution in [2.45, 2.75) is 26.3 Å². The number of rotatable bonds is 8. The number of non-ortho nitro benzene ring substituents is 1. The van der Waals surface area contributed by atoms with Crippen LogP contribution in [0.15, 0.2) is 59.7 Å². The molecule has 2 atom stereocenters. The number of carbonyl (C=O) groups is 2. The first-order valence-corrected chi connectivity index (χ1v) is 8.85. The minimum absolute atomic E-state index is 0.0263. The van der Waals surface area contributed by atoms with E-state index in [1.165, 1.54) is 30.5 Å². The van der Waals surface area contributed by atoms with Crippen molar-refractivity contribution < 1.29 is 14.5 Å². The predicted molar refractivity (Wildman–Crippen MR) is 106 cm³/mol. The van der Waals surface area contributed by atoms with Crippen LogP contribution < -0.4 is 10.7 Å². The molecule has 8 nitrogen and oxygen atoms in total. The molecule has 0 radical (unpaired) electrons. The number of hydrogen-bond acceptors (Lipinski definition) is 5. The third-order valence-electron chi connectivity index (χ3n) is 4.31. The van der Waals surface area contributed by atoms with Crippen molar-refractivity contribution in [2.24, 2.45) is 11.0 Å². The van der Waals surface area contributed by atoms with Crippen molar-refractivity contribution in [1.29, 1.82) is 0 Å². The lowest BCUT2D eigenvalue weighted by molar-refractivity contribution is -0.384. The SMILES string of the molecule is CCC(C)[C@H](NC(=O)c1ccccc1)C(=O)N/N=C/c1ccc([N+](=O)[O-])cc1. The summed E-state index contributed by atoms with van der Waals surface area (Å²) >= 11 is 0. The van der Waals surface area contributed by atoms with Crippen LogP contribution in [0.3, 0.4) is 0 Å². The molecular formula is C20H22N4O4. The zero-order chi connectivity index (χ0) is 20.5. The van der Waals surface area contributed by atoms with Crippen LogP contribution in [0.2, 0.25) is 0 Å². The quantitative estimate of drug-likeness (QED) is 0.415. The fourth-order valence-corrected chi connectivity index (χ4v) is 2.44. The van der Waals surface area contributed by atoms with E-state index in [4.69, 9.17) is 0 Å². The minimum atomic E-state index is -0.744. The molecule has 8 heteroatoms. The summed E-state index contributed by atoms with van der Waals surface area (Å²) in [5, 5.41) is 17.3. The van der Waals surface area contributed by atoms with Gasteiger partial charge < -0.3 is 5.32 Å². The smallest absolute Gasteiger partial charge is 0.269 e. The molecule has 28 heavy (non-hydrogen) atoms. The summed E-state index contributed by atoms with van der Waals surface area (Å²) in [7, 11) is 0. The lowest BCUT2D eigenvalue weighted by Gasteiger charge is -2.22. The van der Waals surface area contributed by atoms with Crippen LogP contribution in [0.25, 0.3) is 0 Å². The summed E-state index contributed by atoms with van der Waals surface area (Å²) in [5.74, 6) is -0.862. The zero-order valence-electron chi connectivity index (χ0n) is 15.7. The summed E-state index contributed by atoms with van der Waals surface area (Å²) < 4.78 is 0. The Balaban J connectivity index is 2.02. The normalized spacial score (nSPS) is 12.9. The second-order valence-corrected chi connectivity index (χ2v) is 6.29. The first-order chi connectivity index (χ1) is 13.4. The van der Waals surface area contributed by atoms with Crippen molar-refractivity contribution >= 4 is 23.7 Å². The molecule has 0 bridgehead atoms. The molecular weight excluding hydrogens is 360 g/mol. The Labute approximate surface area is 162 Å². The van der Waals surface area contributed by atoms with Gasteiger partial charge in [-0.3, -0.25) is 19.7 Å². The Morgan fingerprint density at radius 2 is 1.79 bits per heavy atom. The van der Waals surface area contributed by atoms with Gasteiger partial charge in [0.25, 0.3) is 17.5 Å². The number of nitrogens with one attached hydrogen (secondary N) is 2. The maximum absolute atomic E-state index is 12.5. The molecule has 2 rings (SSSR count). The van der Waals surface area contributed by atoms with Gasteiger partial charge in [0.15, 0.2) is 0 Å². The van der Waals surface area contributed by atoms with Crippen molar-refractivity contribution in [1.82, 2.24) is 10.7 Å². The van der Waals surface area contributed by atoms with Crippen molar-refractivity contribution in [3.05, 3.63) is 75.8 Å². The molecule has 0 spiro atoms. The van der Waals surface area contributed by atoms with Crippen LogP contribution in [0.5, 0.6) is 0 Å². The molecule has 0 aliphatic carbocycles. The van der Waals surface area contributed by atoms with Gasteiger partial charge in [0, 0.05) is 17.7 Å². The molecule has 146 valence electrons. The van der Waals surface area contributed by atoms with Gasteiger partial charge in [-0.15, -0.1) is 0 Å². The van der Waals surface area contributed by atoms with E-state index in [2.05, 4.69) is 15.8 Å². The Hall–Kier alpha value is -3.55. The van der Waals surface area contributed by atoms with Gasteiger partial charge in [0.05, 0.1) is 11.1 Å². The third kappa shape index (κ3) is 5.73. The average molecular weight is 382 g/mol. The fraction of sp³-hybridized carbons (Fsp3) is 0.250. The first-order valence-electron chi connectivity index (χ1n) is 8.85. The molecule has 2 N–H and O–H groups in total. The molecule has 0 saturated heterocycles. The molecule has 1 unspecified atom stereocenters. The van der Waals surface area contributed by atoms with E-state index in [1.807, 2.05) is 19.9 Å². The minimum Gasteiger partial charge on any atom is -0.340 e. The van der Waals surface area contributed by atoms with Gasteiger partial charge in [-0.2, -0.15) is 5.10 Å². The van der Waals surface area contributed by atoms with Crippen LogP contribution in [0.4, 0.5) is 5.69 Å². The van der Waals surface area contributed by atoms with E-state index in [-0.39, 0.29) is 17.5 Å². The highest BCUT2D eigenvalue weighted by Crippen LogP contribution is 2.11. The lowest BCUT2D eigenvalue weighted by atomic mass is 9.98.